The highest BCUT2D eigenvalue weighted by atomic mass is 16.6. The number of nitrogens with zero attached hydrogens (tertiary/aromatic N) is 2. The Kier molecular flexibility index (Phi) is 9.43. The van der Waals surface area contributed by atoms with Gasteiger partial charge in [0, 0.05) is 18.9 Å². The van der Waals surface area contributed by atoms with E-state index >= 15 is 0 Å². The molecule has 1 saturated heterocycles. The fourth-order valence-corrected chi connectivity index (χ4v) is 4.65. The van der Waals surface area contributed by atoms with Crippen LogP contribution in [0.2, 0.25) is 0 Å². The molecule has 1 aromatic heterocycles. The number of aliphatic hydroxyl groups excluding tert-OH is 1. The largest absolute Gasteiger partial charge is 0.454 e. The maximum Gasteiger partial charge on any atom is 0.350 e. The van der Waals surface area contributed by atoms with Crippen molar-refractivity contribution in [1.29, 1.82) is 0 Å². The molecule has 1 aliphatic rings. The lowest BCUT2D eigenvalue weighted by atomic mass is 10.0. The highest BCUT2D eigenvalue weighted by Gasteiger charge is 2.48. The van der Waals surface area contributed by atoms with Gasteiger partial charge in [0.2, 0.25) is 0 Å². The number of hydrogen-bond donors (Lipinski definition) is 1. The van der Waals surface area contributed by atoms with Crippen LogP contribution in [0.15, 0.2) is 59.5 Å². The van der Waals surface area contributed by atoms with E-state index in [1.807, 2.05) is 20.8 Å². The Balaban J connectivity index is 1.42. The number of carbonyl (C=O) groups excluding carboxylic acids is 3. The smallest absolute Gasteiger partial charge is 0.350 e. The number of ketones is 1. The molecule has 41 heavy (non-hydrogen) atoms. The number of Topliss-reactive ketones (excluding diaryl/α,β-unsaturated/α-hetero) is 1. The first-order valence-electron chi connectivity index (χ1n) is 13.0. The van der Waals surface area contributed by atoms with Gasteiger partial charge in [0.1, 0.15) is 12.2 Å². The number of carbonyl (C=O) groups is 3. The predicted octanol–water partition coefficient (Wildman–Crippen LogP) is 2.27. The summed E-state index contributed by atoms with van der Waals surface area (Å²) in [6, 6.07) is 13.5. The van der Waals surface area contributed by atoms with Crippen LogP contribution in [0.1, 0.15) is 49.3 Å². The van der Waals surface area contributed by atoms with Gasteiger partial charge in [-0.3, -0.25) is 9.36 Å². The summed E-state index contributed by atoms with van der Waals surface area (Å²) in [6.45, 7) is 4.49. The zero-order valence-electron chi connectivity index (χ0n) is 23.2. The Hall–Kier alpha value is -4.19. The van der Waals surface area contributed by atoms with Crippen molar-refractivity contribution in [3.8, 4) is 0 Å². The number of methoxy groups -OCH3 is 1. The highest BCUT2D eigenvalue weighted by Crippen LogP contribution is 2.32. The average Bonchev–Trinajstić information content (AvgIpc) is 3.31. The number of benzene rings is 2. The minimum Gasteiger partial charge on any atom is -0.454 e. The Morgan fingerprint density at radius 1 is 1.00 bits per heavy atom. The SMILES string of the molecule is COC1C(OC(=O)COC(=O)c2cc(C)c(C)c(C)c2)C(CO)OC1n1ccc(CC(=O)c2ccccc2)nc1=O. The molecule has 11 nitrogen and oxygen atoms in total. The first kappa shape index (κ1) is 29.8. The van der Waals surface area contributed by atoms with Gasteiger partial charge < -0.3 is 24.1 Å². The highest BCUT2D eigenvalue weighted by molar-refractivity contribution is 5.97. The van der Waals surface area contributed by atoms with Gasteiger partial charge in [-0.05, 0) is 55.7 Å². The first-order valence-corrected chi connectivity index (χ1v) is 13.0. The molecule has 2 heterocycles. The van der Waals surface area contributed by atoms with Crippen LogP contribution in [0, 0.1) is 20.8 Å². The Bertz CT molecular complexity index is 1460. The summed E-state index contributed by atoms with van der Waals surface area (Å²) >= 11 is 0. The minimum absolute atomic E-state index is 0.0702. The molecule has 1 fully saturated rings. The van der Waals surface area contributed by atoms with Crippen LogP contribution < -0.4 is 5.69 Å². The van der Waals surface area contributed by atoms with Gasteiger partial charge >= 0.3 is 17.6 Å². The van der Waals surface area contributed by atoms with Crippen LogP contribution in [0.25, 0.3) is 0 Å². The molecule has 0 radical (unpaired) electrons. The van der Waals surface area contributed by atoms with Crippen LogP contribution in [0.5, 0.6) is 0 Å². The van der Waals surface area contributed by atoms with E-state index in [0.717, 1.165) is 21.3 Å². The monoisotopic (exact) mass is 564 g/mol. The number of esters is 2. The van der Waals surface area contributed by atoms with Crippen LogP contribution in [-0.4, -0.2) is 71.0 Å². The second kappa shape index (κ2) is 13.0. The first-order chi connectivity index (χ1) is 19.6. The van der Waals surface area contributed by atoms with E-state index in [2.05, 4.69) is 4.98 Å². The fourth-order valence-electron chi connectivity index (χ4n) is 4.65. The van der Waals surface area contributed by atoms with Gasteiger partial charge in [-0.2, -0.15) is 4.98 Å². The lowest BCUT2D eigenvalue weighted by molar-refractivity contribution is -0.161. The van der Waals surface area contributed by atoms with Crippen molar-refractivity contribution >= 4 is 17.7 Å². The van der Waals surface area contributed by atoms with Gasteiger partial charge in [0.05, 0.1) is 24.3 Å². The fraction of sp³-hybridized carbons (Fsp3) is 0.367. The van der Waals surface area contributed by atoms with Crippen LogP contribution >= 0.6 is 0 Å². The molecule has 1 N–H and O–H groups in total. The van der Waals surface area contributed by atoms with Crippen molar-refractivity contribution in [3.63, 3.8) is 0 Å². The molecule has 0 amide bonds. The van der Waals surface area contributed by atoms with Crippen molar-refractivity contribution in [1.82, 2.24) is 9.55 Å². The Labute approximate surface area is 236 Å². The van der Waals surface area contributed by atoms with Crippen molar-refractivity contribution in [2.24, 2.45) is 0 Å². The second-order valence-corrected chi connectivity index (χ2v) is 9.79. The van der Waals surface area contributed by atoms with Crippen molar-refractivity contribution in [3.05, 3.63) is 98.7 Å². The number of hydrogen-bond acceptors (Lipinski definition) is 10. The standard InChI is InChI=1S/C30H32N2O9/c1-17-12-21(13-18(2)19(17)3)29(36)39-16-25(35)41-26-24(15-33)40-28(27(26)38-4)32-11-10-22(31-30(32)37)14-23(34)20-8-6-5-7-9-20/h5-13,24,26-28,33H,14-16H2,1-4H3. The van der Waals surface area contributed by atoms with Gasteiger partial charge in [-0.1, -0.05) is 30.3 Å². The summed E-state index contributed by atoms with van der Waals surface area (Å²) in [5.74, 6) is -1.75. The quantitative estimate of drug-likeness (QED) is 0.288. The van der Waals surface area contributed by atoms with Crippen molar-refractivity contribution in [2.45, 2.75) is 51.7 Å². The molecular formula is C30H32N2O9. The molecule has 216 valence electrons. The number of aliphatic hydroxyl groups is 1. The van der Waals surface area contributed by atoms with Gasteiger partial charge in [-0.15, -0.1) is 0 Å². The molecule has 0 aliphatic carbocycles. The number of ether oxygens (including phenoxy) is 4. The normalized spacial score (nSPS) is 20.0. The molecule has 4 atom stereocenters. The lowest BCUT2D eigenvalue weighted by Crippen LogP contribution is -2.41. The molecule has 3 aromatic rings. The summed E-state index contributed by atoms with van der Waals surface area (Å²) in [5, 5.41) is 9.89. The summed E-state index contributed by atoms with van der Waals surface area (Å²) in [6.07, 6.45) is -2.89. The van der Waals surface area contributed by atoms with E-state index < -0.39 is 55.4 Å². The van der Waals surface area contributed by atoms with E-state index in [1.165, 1.54) is 19.4 Å². The predicted molar refractivity (Wildman–Crippen MR) is 146 cm³/mol. The summed E-state index contributed by atoms with van der Waals surface area (Å²) < 4.78 is 23.1. The van der Waals surface area contributed by atoms with E-state index in [4.69, 9.17) is 18.9 Å². The van der Waals surface area contributed by atoms with E-state index in [-0.39, 0.29) is 17.9 Å². The topological polar surface area (TPSA) is 143 Å². The maximum absolute atomic E-state index is 12.9. The summed E-state index contributed by atoms with van der Waals surface area (Å²) in [7, 11) is 1.34. The van der Waals surface area contributed by atoms with Crippen LogP contribution in [-0.2, 0) is 30.2 Å². The third-order valence-electron chi connectivity index (χ3n) is 7.09. The average molecular weight is 565 g/mol. The molecule has 4 rings (SSSR count). The van der Waals surface area contributed by atoms with Crippen molar-refractivity contribution in [2.75, 3.05) is 20.3 Å². The molecular weight excluding hydrogens is 532 g/mol. The van der Waals surface area contributed by atoms with Crippen LogP contribution in [0.4, 0.5) is 0 Å². The lowest BCUT2D eigenvalue weighted by Gasteiger charge is -2.23. The maximum atomic E-state index is 12.9. The zero-order chi connectivity index (χ0) is 29.7. The second-order valence-electron chi connectivity index (χ2n) is 9.79. The van der Waals surface area contributed by atoms with Gasteiger partial charge in [0.15, 0.2) is 24.7 Å². The minimum atomic E-state index is -1.11. The number of aromatic nitrogens is 2. The number of rotatable bonds is 10. The molecule has 0 spiro atoms. The third kappa shape index (κ3) is 6.76. The molecule has 4 unspecified atom stereocenters. The van der Waals surface area contributed by atoms with E-state index in [0.29, 0.717) is 11.1 Å². The molecule has 0 saturated carbocycles. The molecule has 0 bridgehead atoms. The molecule has 11 heteroatoms. The summed E-state index contributed by atoms with van der Waals surface area (Å²) in [5.41, 5.74) is 3.27. The van der Waals surface area contributed by atoms with E-state index in [1.54, 1.807) is 42.5 Å². The zero-order valence-corrected chi connectivity index (χ0v) is 23.2. The molecule has 2 aromatic carbocycles. The third-order valence-corrected chi connectivity index (χ3v) is 7.09. The number of aryl methyl sites for hydroxylation is 2. The molecule has 1 aliphatic heterocycles. The Morgan fingerprint density at radius 3 is 2.29 bits per heavy atom. The van der Waals surface area contributed by atoms with Gasteiger partial charge in [-0.25, -0.2) is 14.4 Å². The van der Waals surface area contributed by atoms with Crippen LogP contribution in [0.3, 0.4) is 0 Å². The van der Waals surface area contributed by atoms with Gasteiger partial charge in [0.25, 0.3) is 0 Å². The Morgan fingerprint density at radius 2 is 1.68 bits per heavy atom. The van der Waals surface area contributed by atoms with E-state index in [9.17, 15) is 24.3 Å². The summed E-state index contributed by atoms with van der Waals surface area (Å²) in [4.78, 5) is 54.5. The van der Waals surface area contributed by atoms with Crippen molar-refractivity contribution < 1.29 is 38.4 Å².